The molecular formula is C10H9FO4. The highest BCUT2D eigenvalue weighted by molar-refractivity contribution is 5.67. The Morgan fingerprint density at radius 3 is 2.87 bits per heavy atom. The van der Waals surface area contributed by atoms with Gasteiger partial charge in [-0.3, -0.25) is 4.79 Å². The van der Waals surface area contributed by atoms with E-state index in [2.05, 4.69) is 0 Å². The van der Waals surface area contributed by atoms with E-state index in [0.717, 1.165) is 0 Å². The van der Waals surface area contributed by atoms with Crippen molar-refractivity contribution in [1.29, 1.82) is 0 Å². The molecule has 80 valence electrons. The van der Waals surface area contributed by atoms with Crippen molar-refractivity contribution in [3.63, 3.8) is 0 Å². The molecule has 1 aromatic carbocycles. The molecule has 0 amide bonds. The summed E-state index contributed by atoms with van der Waals surface area (Å²) in [6.07, 6.45) is 0.294. The second-order valence-corrected chi connectivity index (χ2v) is 3.17. The Kier molecular flexibility index (Phi) is 2.45. The summed E-state index contributed by atoms with van der Waals surface area (Å²) in [7, 11) is 0. The van der Waals surface area contributed by atoms with Crippen molar-refractivity contribution in [3.05, 3.63) is 23.5 Å². The molecule has 0 saturated carbocycles. The number of hydrogen-bond acceptors (Lipinski definition) is 3. The molecule has 2 rings (SSSR count). The van der Waals surface area contributed by atoms with Crippen LogP contribution in [0.3, 0.4) is 0 Å². The fourth-order valence-corrected chi connectivity index (χ4v) is 1.46. The molecule has 15 heavy (non-hydrogen) atoms. The summed E-state index contributed by atoms with van der Waals surface area (Å²) in [5, 5.41) is 8.53. The first-order chi connectivity index (χ1) is 7.18. The van der Waals surface area contributed by atoms with Gasteiger partial charge in [-0.1, -0.05) is 6.07 Å². The molecular weight excluding hydrogens is 203 g/mol. The summed E-state index contributed by atoms with van der Waals surface area (Å²) in [6.45, 7) is -0.0175. The van der Waals surface area contributed by atoms with Crippen molar-refractivity contribution in [2.75, 3.05) is 6.79 Å². The summed E-state index contributed by atoms with van der Waals surface area (Å²) >= 11 is 0. The van der Waals surface area contributed by atoms with E-state index in [1.165, 1.54) is 12.1 Å². The van der Waals surface area contributed by atoms with Crippen LogP contribution in [0.2, 0.25) is 0 Å². The van der Waals surface area contributed by atoms with Crippen LogP contribution in [0.5, 0.6) is 11.5 Å². The Hall–Kier alpha value is -1.78. The van der Waals surface area contributed by atoms with E-state index in [1.54, 1.807) is 0 Å². The van der Waals surface area contributed by atoms with Gasteiger partial charge in [-0.05, 0) is 18.1 Å². The third-order valence-electron chi connectivity index (χ3n) is 2.16. The lowest BCUT2D eigenvalue weighted by Gasteiger charge is -2.04. The molecule has 0 bridgehead atoms. The maximum atomic E-state index is 13.1. The fourth-order valence-electron chi connectivity index (χ4n) is 1.46. The van der Waals surface area contributed by atoms with Crippen LogP contribution in [0.15, 0.2) is 12.1 Å². The van der Waals surface area contributed by atoms with Gasteiger partial charge in [0.25, 0.3) is 0 Å². The van der Waals surface area contributed by atoms with E-state index < -0.39 is 11.8 Å². The lowest BCUT2D eigenvalue weighted by Crippen LogP contribution is -1.99. The number of fused-ring (bicyclic) bond motifs is 1. The molecule has 0 spiro atoms. The van der Waals surface area contributed by atoms with Gasteiger partial charge >= 0.3 is 5.97 Å². The number of ether oxygens (including phenoxy) is 2. The monoisotopic (exact) mass is 212 g/mol. The predicted octanol–water partition coefficient (Wildman–Crippen LogP) is 1.57. The van der Waals surface area contributed by atoms with Gasteiger partial charge in [0.2, 0.25) is 12.5 Å². The second kappa shape index (κ2) is 3.76. The first-order valence-corrected chi connectivity index (χ1v) is 4.47. The minimum absolute atomic E-state index is 0.0125. The highest BCUT2D eigenvalue weighted by Crippen LogP contribution is 2.38. The minimum atomic E-state index is -0.896. The van der Waals surface area contributed by atoms with E-state index in [1.807, 2.05) is 0 Å². The maximum absolute atomic E-state index is 13.1. The van der Waals surface area contributed by atoms with Crippen LogP contribution >= 0.6 is 0 Å². The lowest BCUT2D eigenvalue weighted by molar-refractivity contribution is -0.136. The van der Waals surface area contributed by atoms with Crippen LogP contribution in [-0.4, -0.2) is 17.9 Å². The summed E-state index contributed by atoms with van der Waals surface area (Å²) in [5.74, 6) is -0.970. The van der Waals surface area contributed by atoms with E-state index in [0.29, 0.717) is 17.7 Å². The first kappa shape index (κ1) is 9.76. The Labute approximate surface area is 85.2 Å². The van der Waals surface area contributed by atoms with Crippen molar-refractivity contribution in [3.8, 4) is 11.5 Å². The Bertz CT molecular complexity index is 403. The average Bonchev–Trinajstić information content (AvgIpc) is 2.66. The SMILES string of the molecule is O=C(O)CCc1ccc(F)c2c1OCO2. The molecule has 1 heterocycles. The van der Waals surface area contributed by atoms with Gasteiger partial charge in [0.05, 0.1) is 0 Å². The number of hydrogen-bond donors (Lipinski definition) is 1. The summed E-state index contributed by atoms with van der Waals surface area (Å²) in [6, 6.07) is 2.77. The molecule has 5 heteroatoms. The van der Waals surface area contributed by atoms with E-state index in [-0.39, 0.29) is 19.0 Å². The third-order valence-corrected chi connectivity index (χ3v) is 2.16. The van der Waals surface area contributed by atoms with Gasteiger partial charge in [-0.15, -0.1) is 0 Å². The molecule has 4 nitrogen and oxygen atoms in total. The molecule has 1 aromatic rings. The molecule has 0 saturated heterocycles. The Morgan fingerprint density at radius 1 is 1.40 bits per heavy atom. The van der Waals surface area contributed by atoms with Gasteiger partial charge in [-0.2, -0.15) is 0 Å². The minimum Gasteiger partial charge on any atom is -0.481 e. The zero-order valence-corrected chi connectivity index (χ0v) is 7.83. The number of halogens is 1. The summed E-state index contributed by atoms with van der Waals surface area (Å²) in [5.41, 5.74) is 0.659. The topological polar surface area (TPSA) is 55.8 Å². The average molecular weight is 212 g/mol. The zero-order chi connectivity index (χ0) is 10.8. The molecule has 0 radical (unpaired) electrons. The van der Waals surface area contributed by atoms with Gasteiger partial charge in [-0.25, -0.2) is 4.39 Å². The zero-order valence-electron chi connectivity index (χ0n) is 7.83. The molecule has 0 aliphatic carbocycles. The van der Waals surface area contributed by atoms with Gasteiger partial charge in [0, 0.05) is 6.42 Å². The highest BCUT2D eigenvalue weighted by Gasteiger charge is 2.22. The van der Waals surface area contributed by atoms with Crippen LogP contribution in [-0.2, 0) is 11.2 Å². The van der Waals surface area contributed by atoms with E-state index in [4.69, 9.17) is 14.6 Å². The molecule has 0 atom stereocenters. The smallest absolute Gasteiger partial charge is 0.303 e. The van der Waals surface area contributed by atoms with Crippen molar-refractivity contribution >= 4 is 5.97 Å². The van der Waals surface area contributed by atoms with E-state index >= 15 is 0 Å². The largest absolute Gasteiger partial charge is 0.481 e. The number of aryl methyl sites for hydroxylation is 1. The summed E-state index contributed by atoms with van der Waals surface area (Å²) in [4.78, 5) is 10.4. The molecule has 0 fully saturated rings. The van der Waals surface area contributed by atoms with Crippen molar-refractivity contribution in [2.45, 2.75) is 12.8 Å². The standard InChI is InChI=1S/C10H9FO4/c11-7-3-1-6(2-4-8(12)13)9-10(7)15-5-14-9/h1,3H,2,4-5H2,(H,12,13). The van der Waals surface area contributed by atoms with Crippen molar-refractivity contribution < 1.29 is 23.8 Å². The number of carboxylic acid groups (broad SMARTS) is 1. The molecule has 1 aliphatic heterocycles. The number of aliphatic carboxylic acids is 1. The number of benzene rings is 1. The van der Waals surface area contributed by atoms with Crippen LogP contribution in [0.25, 0.3) is 0 Å². The maximum Gasteiger partial charge on any atom is 0.303 e. The van der Waals surface area contributed by atoms with Crippen LogP contribution in [0.4, 0.5) is 4.39 Å². The second-order valence-electron chi connectivity index (χ2n) is 3.17. The highest BCUT2D eigenvalue weighted by atomic mass is 19.1. The lowest BCUT2D eigenvalue weighted by atomic mass is 10.1. The fraction of sp³-hybridized carbons (Fsp3) is 0.300. The molecule has 0 unspecified atom stereocenters. The van der Waals surface area contributed by atoms with Crippen LogP contribution in [0.1, 0.15) is 12.0 Å². The Balaban J connectivity index is 2.25. The summed E-state index contributed by atoms with van der Waals surface area (Å²) < 4.78 is 23.2. The number of carbonyl (C=O) groups is 1. The molecule has 0 aromatic heterocycles. The van der Waals surface area contributed by atoms with Gasteiger partial charge in [0.15, 0.2) is 11.6 Å². The van der Waals surface area contributed by atoms with Crippen molar-refractivity contribution in [1.82, 2.24) is 0 Å². The van der Waals surface area contributed by atoms with Crippen molar-refractivity contribution in [2.24, 2.45) is 0 Å². The first-order valence-electron chi connectivity index (χ1n) is 4.47. The number of rotatable bonds is 3. The molecule has 1 aliphatic rings. The molecule has 1 N–H and O–H groups in total. The van der Waals surface area contributed by atoms with Gasteiger partial charge < -0.3 is 14.6 Å². The quantitative estimate of drug-likeness (QED) is 0.826. The van der Waals surface area contributed by atoms with Crippen LogP contribution in [0, 0.1) is 5.82 Å². The number of carboxylic acids is 1. The van der Waals surface area contributed by atoms with E-state index in [9.17, 15) is 9.18 Å². The van der Waals surface area contributed by atoms with Crippen LogP contribution < -0.4 is 9.47 Å². The normalized spacial score (nSPS) is 12.9. The Morgan fingerprint density at radius 2 is 2.13 bits per heavy atom. The predicted molar refractivity (Wildman–Crippen MR) is 48.5 cm³/mol. The van der Waals surface area contributed by atoms with Gasteiger partial charge in [0.1, 0.15) is 0 Å². The third kappa shape index (κ3) is 1.86.